The Kier molecular flexibility index (Phi) is 6.92. The van der Waals surface area contributed by atoms with Gasteiger partial charge in [0.05, 0.1) is 25.9 Å². The first kappa shape index (κ1) is 23.0. The Morgan fingerprint density at radius 1 is 1.09 bits per heavy atom. The summed E-state index contributed by atoms with van der Waals surface area (Å²) < 4.78 is 13.0. The predicted molar refractivity (Wildman–Crippen MR) is 120 cm³/mol. The second kappa shape index (κ2) is 9.63. The van der Waals surface area contributed by atoms with Crippen molar-refractivity contribution in [3.63, 3.8) is 0 Å². The van der Waals surface area contributed by atoms with Crippen molar-refractivity contribution in [2.75, 3.05) is 14.2 Å². The number of rotatable bonds is 4. The fraction of sp³-hybridized carbons (Fsp3) is 0.409. The molecule has 2 aromatic rings. The lowest BCUT2D eigenvalue weighted by molar-refractivity contribution is -0.557. The van der Waals surface area contributed by atoms with E-state index < -0.39 is 11.9 Å². The molecule has 0 saturated heterocycles. The summed E-state index contributed by atoms with van der Waals surface area (Å²) in [6, 6.07) is 2.25. The molecule has 168 valence electrons. The van der Waals surface area contributed by atoms with Crippen molar-refractivity contribution >= 4 is 41.0 Å². The van der Waals surface area contributed by atoms with Gasteiger partial charge in [-0.15, -0.1) is 0 Å². The lowest BCUT2D eigenvalue weighted by Crippen LogP contribution is -2.19. The van der Waals surface area contributed by atoms with Crippen LogP contribution in [0.5, 0.6) is 0 Å². The highest BCUT2D eigenvalue weighted by atomic mass is 16.5. The number of carbonyl (C=O) groups is 2. The van der Waals surface area contributed by atoms with Crippen LogP contribution in [0.1, 0.15) is 44.2 Å². The van der Waals surface area contributed by atoms with Crippen molar-refractivity contribution in [1.29, 1.82) is 0 Å². The van der Waals surface area contributed by atoms with E-state index in [1.807, 2.05) is 29.4 Å². The van der Waals surface area contributed by atoms with Crippen LogP contribution in [0.25, 0.3) is 10.9 Å². The number of fused-ring (bicyclic) bond motifs is 2. The lowest BCUT2D eigenvalue weighted by atomic mass is 10.0. The lowest BCUT2D eigenvalue weighted by Gasteiger charge is -2.07. The van der Waals surface area contributed by atoms with Crippen molar-refractivity contribution in [2.24, 2.45) is 16.0 Å². The molecule has 4 rings (SSSR count). The molecular weight excluding hydrogens is 412 g/mol. The minimum absolute atomic E-state index is 0.0795. The number of hydrogen-bond acceptors (Lipinski definition) is 8. The standard InChI is InChI=1S/C11H13N3O2.C11H14N3O2/c1-7(2)14-10-4-9(11(15)16-3)12-5-8(10)6-13-14;1-7(2)14-6-8-5-12-10(11(15)16-3)4-9(8)13-14/h4-7H,1-3H3;4-8H,1-3H3/q;+1. The molecule has 2 aliphatic rings. The van der Waals surface area contributed by atoms with Crippen molar-refractivity contribution in [3.8, 4) is 0 Å². The van der Waals surface area contributed by atoms with Crippen LogP contribution in [0.3, 0.4) is 0 Å². The van der Waals surface area contributed by atoms with Crippen LogP contribution in [0.15, 0.2) is 40.3 Å². The largest absolute Gasteiger partial charge is 0.464 e. The molecule has 2 aromatic heterocycles. The van der Waals surface area contributed by atoms with Crippen LogP contribution in [0.4, 0.5) is 0 Å². The third-order valence-electron chi connectivity index (χ3n) is 4.83. The van der Waals surface area contributed by atoms with Gasteiger partial charge in [-0.05, 0) is 44.9 Å². The average molecular weight is 439 g/mol. The van der Waals surface area contributed by atoms with E-state index in [-0.39, 0.29) is 12.0 Å². The number of aromatic nitrogens is 3. The summed E-state index contributed by atoms with van der Waals surface area (Å²) in [6.45, 7) is 8.18. The van der Waals surface area contributed by atoms with Crippen molar-refractivity contribution in [3.05, 3.63) is 35.9 Å². The summed E-state index contributed by atoms with van der Waals surface area (Å²) in [5.74, 6) is -0.783. The molecule has 1 unspecified atom stereocenters. The number of ether oxygens (including phenoxy) is 2. The van der Waals surface area contributed by atoms with E-state index in [0.29, 0.717) is 17.4 Å². The molecule has 2 aliphatic heterocycles. The van der Waals surface area contributed by atoms with Gasteiger partial charge in [-0.25, -0.2) is 14.6 Å². The van der Waals surface area contributed by atoms with E-state index in [9.17, 15) is 9.59 Å². The van der Waals surface area contributed by atoms with Crippen LogP contribution in [0.2, 0.25) is 0 Å². The smallest absolute Gasteiger partial charge is 0.356 e. The number of esters is 2. The molecule has 0 fully saturated rings. The maximum absolute atomic E-state index is 11.3. The fourth-order valence-corrected chi connectivity index (χ4v) is 3.12. The number of nitrogens with zero attached hydrogens (tertiary/aromatic N) is 6. The zero-order valence-corrected chi connectivity index (χ0v) is 19.0. The highest BCUT2D eigenvalue weighted by Gasteiger charge is 2.30. The summed E-state index contributed by atoms with van der Waals surface area (Å²) in [4.78, 5) is 30.7. The molecule has 0 N–H and O–H groups in total. The second-order valence-electron chi connectivity index (χ2n) is 7.78. The average Bonchev–Trinajstić information content (AvgIpc) is 3.41. The maximum atomic E-state index is 11.3. The quantitative estimate of drug-likeness (QED) is 0.534. The monoisotopic (exact) mass is 439 g/mol. The van der Waals surface area contributed by atoms with E-state index in [4.69, 9.17) is 0 Å². The molecule has 32 heavy (non-hydrogen) atoms. The zero-order chi connectivity index (χ0) is 23.4. The number of hydrazone groups is 1. The SMILES string of the molecule is COC(=O)C1=CC2=N[N+](C(C)C)=CC2C=N1.COC(=O)c1cc2c(cn1)cnn2C(C)C. The van der Waals surface area contributed by atoms with Gasteiger partial charge in [-0.3, -0.25) is 9.67 Å². The molecule has 0 aromatic carbocycles. The van der Waals surface area contributed by atoms with E-state index in [2.05, 4.69) is 43.5 Å². The van der Waals surface area contributed by atoms with Crippen molar-refractivity contribution < 1.29 is 23.7 Å². The molecule has 0 bridgehead atoms. The van der Waals surface area contributed by atoms with Crippen LogP contribution in [-0.2, 0) is 14.3 Å². The first-order chi connectivity index (χ1) is 15.2. The topological polar surface area (TPSA) is 111 Å². The number of allylic oxidation sites excluding steroid dienone is 1. The summed E-state index contributed by atoms with van der Waals surface area (Å²) in [7, 11) is 2.68. The van der Waals surface area contributed by atoms with E-state index in [1.165, 1.54) is 14.2 Å². The van der Waals surface area contributed by atoms with Gasteiger partial charge in [0.25, 0.3) is 0 Å². The molecule has 10 nitrogen and oxygen atoms in total. The highest BCUT2D eigenvalue weighted by Crippen LogP contribution is 2.18. The Labute approximate surface area is 185 Å². The normalized spacial score (nSPS) is 16.8. The van der Waals surface area contributed by atoms with Gasteiger partial charge in [0.15, 0.2) is 18.0 Å². The van der Waals surface area contributed by atoms with Crippen LogP contribution < -0.4 is 0 Å². The Bertz CT molecular complexity index is 1160. The Hall–Kier alpha value is -3.69. The molecule has 0 saturated carbocycles. The molecule has 0 spiro atoms. The summed E-state index contributed by atoms with van der Waals surface area (Å²) in [5.41, 5.74) is 2.34. The third-order valence-corrected chi connectivity index (χ3v) is 4.83. The predicted octanol–water partition coefficient (Wildman–Crippen LogP) is 2.40. The Balaban J connectivity index is 0.000000181. The summed E-state index contributed by atoms with van der Waals surface area (Å²) in [6.07, 6.45) is 8.76. The maximum Gasteiger partial charge on any atom is 0.356 e. The van der Waals surface area contributed by atoms with Crippen LogP contribution >= 0.6 is 0 Å². The Morgan fingerprint density at radius 2 is 1.81 bits per heavy atom. The van der Waals surface area contributed by atoms with Crippen molar-refractivity contribution in [1.82, 2.24) is 14.8 Å². The second-order valence-corrected chi connectivity index (χ2v) is 7.78. The van der Waals surface area contributed by atoms with Gasteiger partial charge in [-0.2, -0.15) is 5.10 Å². The molecule has 0 amide bonds. The number of methoxy groups -OCH3 is 2. The number of aliphatic imine (C=N–C) groups is 1. The first-order valence-corrected chi connectivity index (χ1v) is 10.2. The molecule has 0 aliphatic carbocycles. The summed E-state index contributed by atoms with van der Waals surface area (Å²) >= 11 is 0. The van der Waals surface area contributed by atoms with Gasteiger partial charge in [0.2, 0.25) is 0 Å². The molecule has 4 heterocycles. The minimum atomic E-state index is -0.432. The van der Waals surface area contributed by atoms with Gasteiger partial charge >= 0.3 is 11.9 Å². The Morgan fingerprint density at radius 3 is 2.44 bits per heavy atom. The number of carbonyl (C=O) groups excluding carboxylic acids is 2. The van der Waals surface area contributed by atoms with Gasteiger partial charge in [-0.1, -0.05) is 4.68 Å². The molecule has 10 heteroatoms. The van der Waals surface area contributed by atoms with E-state index >= 15 is 0 Å². The van der Waals surface area contributed by atoms with Gasteiger partial charge in [0, 0.05) is 23.8 Å². The molecule has 1 atom stereocenters. The highest BCUT2D eigenvalue weighted by molar-refractivity contribution is 6.20. The first-order valence-electron chi connectivity index (χ1n) is 10.2. The molecular formula is C22H27N6O4+. The zero-order valence-electron chi connectivity index (χ0n) is 19.0. The fourth-order valence-electron chi connectivity index (χ4n) is 3.12. The third kappa shape index (κ3) is 4.79. The van der Waals surface area contributed by atoms with Crippen LogP contribution in [0, 0.1) is 5.92 Å². The minimum Gasteiger partial charge on any atom is -0.464 e. The van der Waals surface area contributed by atoms with Crippen LogP contribution in [-0.4, -0.2) is 69.8 Å². The van der Waals surface area contributed by atoms with Crippen molar-refractivity contribution in [2.45, 2.75) is 39.8 Å². The number of pyridine rings is 1. The summed E-state index contributed by atoms with van der Waals surface area (Å²) in [5, 5.41) is 9.56. The van der Waals surface area contributed by atoms with Gasteiger partial charge in [0.1, 0.15) is 17.3 Å². The van der Waals surface area contributed by atoms with Gasteiger partial charge < -0.3 is 9.47 Å². The van der Waals surface area contributed by atoms with E-state index in [0.717, 1.165) is 16.6 Å². The molecule has 0 radical (unpaired) electrons. The number of hydrogen-bond donors (Lipinski definition) is 0. The van der Waals surface area contributed by atoms with E-state index in [1.54, 1.807) is 30.8 Å².